The fraction of sp³-hybridized carbons (Fsp3) is 0.300. The van der Waals surface area contributed by atoms with Crippen LogP contribution >= 0.6 is 11.6 Å². The molecule has 0 saturated carbocycles. The van der Waals surface area contributed by atoms with Gasteiger partial charge in [0.1, 0.15) is 11.5 Å². The second kappa shape index (κ2) is 8.42. The van der Waals surface area contributed by atoms with Crippen LogP contribution in [-0.4, -0.2) is 43.2 Å². The van der Waals surface area contributed by atoms with Gasteiger partial charge in [-0.25, -0.2) is 12.7 Å². The predicted molar refractivity (Wildman–Crippen MR) is 106 cm³/mol. The van der Waals surface area contributed by atoms with Gasteiger partial charge in [-0.05, 0) is 60.9 Å². The summed E-state index contributed by atoms with van der Waals surface area (Å²) in [6, 6.07) is 9.91. The van der Waals surface area contributed by atoms with E-state index in [1.165, 1.54) is 43.5 Å². The normalized spacial score (nSPS) is 17.9. The fourth-order valence-electron chi connectivity index (χ4n) is 3.30. The van der Waals surface area contributed by atoms with Crippen LogP contribution in [0.25, 0.3) is 0 Å². The average molecular weight is 438 g/mol. The summed E-state index contributed by atoms with van der Waals surface area (Å²) in [6.45, 7) is -0.503. The van der Waals surface area contributed by atoms with Gasteiger partial charge in [0.15, 0.2) is 5.78 Å². The van der Waals surface area contributed by atoms with Gasteiger partial charge in [-0.1, -0.05) is 11.6 Å². The molecule has 9 heteroatoms. The number of ketones is 1. The lowest BCUT2D eigenvalue weighted by molar-refractivity contribution is -0.131. The van der Waals surface area contributed by atoms with Crippen molar-refractivity contribution < 1.29 is 27.9 Å². The van der Waals surface area contributed by atoms with E-state index in [1.54, 1.807) is 6.07 Å². The number of amides is 1. The van der Waals surface area contributed by atoms with E-state index in [0.717, 1.165) is 0 Å². The number of benzene rings is 2. The lowest BCUT2D eigenvalue weighted by Crippen LogP contribution is -2.42. The van der Waals surface area contributed by atoms with Crippen LogP contribution in [-0.2, 0) is 26.0 Å². The first-order chi connectivity index (χ1) is 13.7. The van der Waals surface area contributed by atoms with Crippen molar-refractivity contribution in [1.29, 1.82) is 0 Å². The van der Waals surface area contributed by atoms with Gasteiger partial charge in [0.05, 0.1) is 18.6 Å². The smallest absolute Gasteiger partial charge is 0.266 e. The van der Waals surface area contributed by atoms with E-state index in [9.17, 15) is 23.1 Å². The van der Waals surface area contributed by atoms with Gasteiger partial charge in [0.25, 0.3) is 10.0 Å². The van der Waals surface area contributed by atoms with Gasteiger partial charge in [-0.2, -0.15) is 0 Å². The maximum atomic E-state index is 13.1. The number of rotatable bonds is 5. The molecule has 29 heavy (non-hydrogen) atoms. The van der Waals surface area contributed by atoms with E-state index in [4.69, 9.17) is 16.3 Å². The molecule has 1 unspecified atom stereocenters. The van der Waals surface area contributed by atoms with Crippen molar-refractivity contribution in [2.45, 2.75) is 24.2 Å². The van der Waals surface area contributed by atoms with E-state index in [-0.39, 0.29) is 35.7 Å². The number of carbonyl (C=O) groups excluding carboxylic acids is 2. The second-order valence-corrected chi connectivity index (χ2v) is 9.08. The predicted octanol–water partition coefficient (Wildman–Crippen LogP) is 2.79. The lowest BCUT2D eigenvalue weighted by atomic mass is 9.93. The van der Waals surface area contributed by atoms with Crippen LogP contribution in [0.3, 0.4) is 0 Å². The van der Waals surface area contributed by atoms with E-state index in [2.05, 4.69) is 0 Å². The summed E-state index contributed by atoms with van der Waals surface area (Å²) >= 11 is 5.82. The first-order valence-corrected chi connectivity index (χ1v) is 10.7. The summed E-state index contributed by atoms with van der Waals surface area (Å²) in [5.74, 6) is -1.27. The number of hydrogen-bond donors (Lipinski definition) is 1. The largest absolute Gasteiger partial charge is 0.508 e. The third-order valence-electron chi connectivity index (χ3n) is 4.82. The van der Waals surface area contributed by atoms with Crippen LogP contribution < -0.4 is 4.74 Å². The molecular formula is C20H20ClNO6S. The van der Waals surface area contributed by atoms with Crippen LogP contribution in [0.15, 0.2) is 47.4 Å². The van der Waals surface area contributed by atoms with Crippen LogP contribution in [0.4, 0.5) is 0 Å². The molecule has 0 radical (unpaired) electrons. The summed E-state index contributed by atoms with van der Waals surface area (Å²) < 4.78 is 32.0. The minimum atomic E-state index is -4.21. The Morgan fingerprint density at radius 1 is 1.17 bits per heavy atom. The third-order valence-corrected chi connectivity index (χ3v) is 6.83. The third kappa shape index (κ3) is 4.54. The van der Waals surface area contributed by atoms with E-state index in [0.29, 0.717) is 20.6 Å². The number of methoxy groups -OCH3 is 1. The number of phenolic OH excluding ortho intramolecular Hbond substituents is 1. The first-order valence-electron chi connectivity index (χ1n) is 8.92. The zero-order valence-electron chi connectivity index (χ0n) is 15.7. The number of carbonyl (C=O) groups is 2. The molecule has 1 heterocycles. The van der Waals surface area contributed by atoms with Crippen LogP contribution in [0, 0.1) is 5.92 Å². The molecule has 2 aromatic carbocycles. The maximum Gasteiger partial charge on any atom is 0.266 e. The van der Waals surface area contributed by atoms with Crippen LogP contribution in [0.5, 0.6) is 11.5 Å². The summed E-state index contributed by atoms with van der Waals surface area (Å²) in [7, 11) is -2.75. The van der Waals surface area contributed by atoms with Crippen LogP contribution in [0.2, 0.25) is 5.02 Å². The van der Waals surface area contributed by atoms with Crippen molar-refractivity contribution in [3.05, 3.63) is 53.1 Å². The number of nitrogens with zero attached hydrogens (tertiary/aromatic N) is 1. The summed E-state index contributed by atoms with van der Waals surface area (Å²) in [5.41, 5.74) is 0.559. The highest BCUT2D eigenvalue weighted by Gasteiger charge is 2.38. The second-order valence-electron chi connectivity index (χ2n) is 6.78. The molecule has 1 fully saturated rings. The average Bonchev–Trinajstić information content (AvgIpc) is 2.82. The molecule has 1 saturated heterocycles. The van der Waals surface area contributed by atoms with Crippen molar-refractivity contribution in [2.75, 3.05) is 13.7 Å². The number of halogens is 1. The fourth-order valence-corrected chi connectivity index (χ4v) is 4.86. The van der Waals surface area contributed by atoms with Gasteiger partial charge >= 0.3 is 0 Å². The molecule has 1 amide bonds. The zero-order valence-corrected chi connectivity index (χ0v) is 17.2. The Labute approximate surface area is 173 Å². The topological polar surface area (TPSA) is 101 Å². The van der Waals surface area contributed by atoms with Crippen molar-refractivity contribution in [3.8, 4) is 11.5 Å². The molecule has 1 aliphatic rings. The highest BCUT2D eigenvalue weighted by Crippen LogP contribution is 2.31. The van der Waals surface area contributed by atoms with Gasteiger partial charge < -0.3 is 9.84 Å². The SMILES string of the molecule is COc1ccc(O)cc1CC1CCC(=O)CN(S(=O)(=O)c2ccc(Cl)cc2)C1=O. The number of hydrogen-bond acceptors (Lipinski definition) is 6. The van der Waals surface area contributed by atoms with Crippen molar-refractivity contribution in [3.63, 3.8) is 0 Å². The number of phenols is 1. The maximum absolute atomic E-state index is 13.1. The molecule has 7 nitrogen and oxygen atoms in total. The molecule has 1 N–H and O–H groups in total. The lowest BCUT2D eigenvalue weighted by Gasteiger charge is -2.24. The van der Waals surface area contributed by atoms with Crippen LogP contribution in [0.1, 0.15) is 18.4 Å². The number of sulfonamides is 1. The monoisotopic (exact) mass is 437 g/mol. The van der Waals surface area contributed by atoms with E-state index >= 15 is 0 Å². The molecule has 0 aromatic heterocycles. The molecule has 2 aromatic rings. The van der Waals surface area contributed by atoms with E-state index in [1.807, 2.05) is 0 Å². The Kier molecular flexibility index (Phi) is 6.14. The number of Topliss-reactive ketones (excluding diaryl/α,β-unsaturated/α-hetero) is 1. The molecule has 0 spiro atoms. The van der Waals surface area contributed by atoms with Crippen molar-refractivity contribution in [2.24, 2.45) is 5.92 Å². The molecule has 0 aliphatic carbocycles. The summed E-state index contributed by atoms with van der Waals surface area (Å²) in [6.07, 6.45) is 0.434. The zero-order chi connectivity index (χ0) is 21.2. The highest BCUT2D eigenvalue weighted by molar-refractivity contribution is 7.89. The molecule has 3 rings (SSSR count). The highest BCUT2D eigenvalue weighted by atomic mass is 35.5. The van der Waals surface area contributed by atoms with Gasteiger partial charge in [0, 0.05) is 17.4 Å². The van der Waals surface area contributed by atoms with Gasteiger partial charge in [0.2, 0.25) is 5.91 Å². The molecule has 1 atom stereocenters. The minimum Gasteiger partial charge on any atom is -0.508 e. The quantitative estimate of drug-likeness (QED) is 0.771. The molecule has 0 bridgehead atoms. The number of aromatic hydroxyl groups is 1. The number of ether oxygens (including phenoxy) is 1. The Morgan fingerprint density at radius 3 is 2.52 bits per heavy atom. The van der Waals surface area contributed by atoms with Gasteiger partial charge in [-0.3, -0.25) is 9.59 Å². The summed E-state index contributed by atoms with van der Waals surface area (Å²) in [4.78, 5) is 25.2. The Hall–Kier alpha value is -2.58. The Bertz CT molecular complexity index is 1040. The Balaban J connectivity index is 1.95. The molecular weight excluding hydrogens is 418 g/mol. The van der Waals surface area contributed by atoms with E-state index < -0.39 is 28.4 Å². The standard InChI is InChI=1S/C20H20ClNO6S/c1-28-19-9-6-16(23)11-14(19)10-13-2-5-17(24)12-22(20(13)25)29(26,27)18-7-3-15(21)4-8-18/h3-4,6-9,11,13,23H,2,5,10,12H2,1H3. The van der Waals surface area contributed by atoms with Crippen molar-refractivity contribution >= 4 is 33.3 Å². The van der Waals surface area contributed by atoms with Crippen molar-refractivity contribution in [1.82, 2.24) is 4.31 Å². The molecule has 1 aliphatic heterocycles. The molecule has 154 valence electrons. The summed E-state index contributed by atoms with van der Waals surface area (Å²) in [5, 5.41) is 10.1. The Morgan fingerprint density at radius 2 is 1.86 bits per heavy atom. The first kappa shape index (κ1) is 21.1. The minimum absolute atomic E-state index is 0.00332. The van der Waals surface area contributed by atoms with Gasteiger partial charge in [-0.15, -0.1) is 0 Å².